The van der Waals surface area contributed by atoms with Gasteiger partial charge in [-0.1, -0.05) is 52.4 Å². The molecule has 2 unspecified atom stereocenters. The topological polar surface area (TPSA) is 27.7 Å². The van der Waals surface area contributed by atoms with E-state index in [4.69, 9.17) is 14.2 Å². The van der Waals surface area contributed by atoms with Crippen LogP contribution in [0, 0.1) is 23.6 Å². The predicted octanol–water partition coefficient (Wildman–Crippen LogP) is 8.63. The van der Waals surface area contributed by atoms with Crippen molar-refractivity contribution in [1.82, 2.24) is 0 Å². The minimum Gasteiger partial charge on any atom is -0.491 e. The molecule has 0 radical (unpaired) electrons. The Kier molecular flexibility index (Phi) is 12.7. The lowest BCUT2D eigenvalue weighted by molar-refractivity contribution is -0.0256. The third-order valence-electron chi connectivity index (χ3n) is 8.04. The molecule has 2 aliphatic rings. The molecule has 6 heteroatoms. The van der Waals surface area contributed by atoms with Crippen LogP contribution in [0.4, 0.5) is 13.2 Å². The van der Waals surface area contributed by atoms with E-state index in [0.717, 1.165) is 37.9 Å². The number of unbranched alkanes of at least 4 members (excludes halogenated alkanes) is 2. The molecular formula is C30H47F3O3. The monoisotopic (exact) mass is 512 g/mol. The Bertz CT molecular complexity index is 730. The van der Waals surface area contributed by atoms with Crippen LogP contribution in [0.3, 0.4) is 0 Å². The SMILES string of the molecule is CCCCCC1CCC(COC2CCC(C(F)C(F)COc3ccc(OCCC)c(F)c3)CC2)CC1. The molecule has 1 aromatic carbocycles. The number of benzene rings is 1. The largest absolute Gasteiger partial charge is 0.491 e. The van der Waals surface area contributed by atoms with E-state index in [1.807, 2.05) is 6.92 Å². The normalized spacial score (nSPS) is 26.4. The molecule has 2 atom stereocenters. The molecule has 2 saturated carbocycles. The minimum atomic E-state index is -1.74. The van der Waals surface area contributed by atoms with Crippen molar-refractivity contribution in [3.05, 3.63) is 24.0 Å². The van der Waals surface area contributed by atoms with Crippen molar-refractivity contribution < 1.29 is 27.4 Å². The second-order valence-electron chi connectivity index (χ2n) is 11.0. The first-order chi connectivity index (χ1) is 17.5. The quantitative estimate of drug-likeness (QED) is 0.220. The van der Waals surface area contributed by atoms with Crippen LogP contribution in [-0.4, -0.2) is 38.3 Å². The average molecular weight is 513 g/mol. The fourth-order valence-electron chi connectivity index (χ4n) is 5.68. The molecule has 206 valence electrons. The van der Waals surface area contributed by atoms with Crippen LogP contribution in [0.2, 0.25) is 0 Å². The maximum absolute atomic E-state index is 14.8. The third kappa shape index (κ3) is 9.46. The summed E-state index contributed by atoms with van der Waals surface area (Å²) in [7, 11) is 0. The molecule has 36 heavy (non-hydrogen) atoms. The van der Waals surface area contributed by atoms with Gasteiger partial charge in [-0.05, 0) is 74.8 Å². The number of halogens is 3. The van der Waals surface area contributed by atoms with Crippen LogP contribution >= 0.6 is 0 Å². The zero-order valence-corrected chi connectivity index (χ0v) is 22.4. The molecule has 0 spiro atoms. The van der Waals surface area contributed by atoms with E-state index in [2.05, 4.69) is 6.92 Å². The summed E-state index contributed by atoms with van der Waals surface area (Å²) in [6, 6.07) is 4.14. The fourth-order valence-corrected chi connectivity index (χ4v) is 5.68. The van der Waals surface area contributed by atoms with Crippen LogP contribution in [0.25, 0.3) is 0 Å². The van der Waals surface area contributed by atoms with Gasteiger partial charge in [-0.2, -0.15) is 0 Å². The van der Waals surface area contributed by atoms with Gasteiger partial charge >= 0.3 is 0 Å². The van der Waals surface area contributed by atoms with Gasteiger partial charge in [-0.15, -0.1) is 0 Å². The van der Waals surface area contributed by atoms with E-state index < -0.39 is 24.8 Å². The smallest absolute Gasteiger partial charge is 0.168 e. The maximum atomic E-state index is 14.8. The number of hydrogen-bond donors (Lipinski definition) is 0. The number of ether oxygens (including phenoxy) is 3. The van der Waals surface area contributed by atoms with Gasteiger partial charge in [-0.25, -0.2) is 13.2 Å². The minimum absolute atomic E-state index is 0.137. The Labute approximate surface area is 216 Å². The summed E-state index contributed by atoms with van der Waals surface area (Å²) in [5.74, 6) is 0.996. The molecule has 0 bridgehead atoms. The van der Waals surface area contributed by atoms with Crippen molar-refractivity contribution in [3.63, 3.8) is 0 Å². The Morgan fingerprint density at radius 2 is 1.58 bits per heavy atom. The third-order valence-corrected chi connectivity index (χ3v) is 8.04. The molecule has 0 saturated heterocycles. The highest BCUT2D eigenvalue weighted by atomic mass is 19.2. The standard InChI is InChI=1S/C30H47F3O3/c1-3-5-6-7-22-8-10-23(11-9-22)20-35-25-14-12-24(13-15-25)30(33)28(32)21-36-26-16-17-29(27(31)19-26)34-18-4-2/h16-17,19,22-25,28,30H,3-15,18,20-21H2,1-2H3. The van der Waals surface area contributed by atoms with E-state index >= 15 is 0 Å². The first kappa shape index (κ1) is 29.1. The van der Waals surface area contributed by atoms with Crippen molar-refractivity contribution >= 4 is 0 Å². The van der Waals surface area contributed by atoms with Crippen molar-refractivity contribution in [3.8, 4) is 11.5 Å². The molecule has 0 aliphatic heterocycles. The molecule has 1 aromatic rings. The van der Waals surface area contributed by atoms with Crippen molar-refractivity contribution in [2.75, 3.05) is 19.8 Å². The fraction of sp³-hybridized carbons (Fsp3) is 0.800. The molecule has 3 nitrogen and oxygen atoms in total. The summed E-state index contributed by atoms with van der Waals surface area (Å²) in [6.45, 7) is 5.00. The van der Waals surface area contributed by atoms with E-state index in [9.17, 15) is 13.2 Å². The molecule has 3 rings (SSSR count). The van der Waals surface area contributed by atoms with Gasteiger partial charge in [-0.3, -0.25) is 0 Å². The highest BCUT2D eigenvalue weighted by Gasteiger charge is 2.34. The van der Waals surface area contributed by atoms with Crippen LogP contribution < -0.4 is 9.47 Å². The Morgan fingerprint density at radius 3 is 2.25 bits per heavy atom. The second kappa shape index (κ2) is 15.7. The van der Waals surface area contributed by atoms with Gasteiger partial charge < -0.3 is 14.2 Å². The highest BCUT2D eigenvalue weighted by molar-refractivity contribution is 5.33. The molecule has 2 fully saturated rings. The summed E-state index contributed by atoms with van der Waals surface area (Å²) in [5, 5.41) is 0. The molecule has 0 N–H and O–H groups in total. The van der Waals surface area contributed by atoms with Crippen LogP contribution in [0.15, 0.2) is 18.2 Å². The van der Waals surface area contributed by atoms with Gasteiger partial charge in [0.25, 0.3) is 0 Å². The first-order valence-electron chi connectivity index (χ1n) is 14.4. The molecule has 0 heterocycles. The maximum Gasteiger partial charge on any atom is 0.168 e. The van der Waals surface area contributed by atoms with Gasteiger partial charge in [0, 0.05) is 12.7 Å². The number of hydrogen-bond acceptors (Lipinski definition) is 3. The lowest BCUT2D eigenvalue weighted by Gasteiger charge is -2.33. The van der Waals surface area contributed by atoms with Crippen molar-refractivity contribution in [1.29, 1.82) is 0 Å². The number of alkyl halides is 2. The summed E-state index contributed by atoms with van der Waals surface area (Å²) < 4.78 is 60.3. The lowest BCUT2D eigenvalue weighted by atomic mass is 9.80. The summed E-state index contributed by atoms with van der Waals surface area (Å²) in [6.07, 6.45) is 11.0. The van der Waals surface area contributed by atoms with Crippen LogP contribution in [-0.2, 0) is 4.74 Å². The van der Waals surface area contributed by atoms with E-state index in [-0.39, 0.29) is 23.5 Å². The molecule has 0 aromatic heterocycles. The first-order valence-corrected chi connectivity index (χ1v) is 14.4. The summed E-state index contributed by atoms with van der Waals surface area (Å²) in [5.41, 5.74) is 0. The second-order valence-corrected chi connectivity index (χ2v) is 11.0. The van der Waals surface area contributed by atoms with E-state index in [1.165, 1.54) is 63.5 Å². The Hall–Kier alpha value is -1.43. The average Bonchev–Trinajstić information content (AvgIpc) is 2.91. The Balaban J connectivity index is 1.30. The Morgan fingerprint density at radius 1 is 0.861 bits per heavy atom. The van der Waals surface area contributed by atoms with Crippen molar-refractivity contribution in [2.24, 2.45) is 17.8 Å². The van der Waals surface area contributed by atoms with Gasteiger partial charge in [0.1, 0.15) is 18.5 Å². The lowest BCUT2D eigenvalue weighted by Crippen LogP contribution is -2.35. The zero-order valence-electron chi connectivity index (χ0n) is 22.4. The zero-order chi connectivity index (χ0) is 25.8. The number of rotatable bonds is 15. The van der Waals surface area contributed by atoms with Gasteiger partial charge in [0.15, 0.2) is 17.7 Å². The molecule has 2 aliphatic carbocycles. The summed E-state index contributed by atoms with van der Waals surface area (Å²) >= 11 is 0. The van der Waals surface area contributed by atoms with Gasteiger partial charge in [0.2, 0.25) is 0 Å². The van der Waals surface area contributed by atoms with E-state index in [1.54, 1.807) is 0 Å². The summed E-state index contributed by atoms with van der Waals surface area (Å²) in [4.78, 5) is 0. The van der Waals surface area contributed by atoms with Gasteiger partial charge in [0.05, 0.1) is 12.7 Å². The van der Waals surface area contributed by atoms with E-state index in [0.29, 0.717) is 25.4 Å². The highest BCUT2D eigenvalue weighted by Crippen LogP contribution is 2.35. The van der Waals surface area contributed by atoms with Crippen LogP contribution in [0.5, 0.6) is 11.5 Å². The van der Waals surface area contributed by atoms with Crippen LogP contribution in [0.1, 0.15) is 97.3 Å². The van der Waals surface area contributed by atoms with Crippen molar-refractivity contribution in [2.45, 2.75) is 116 Å². The predicted molar refractivity (Wildman–Crippen MR) is 139 cm³/mol. The molecular weight excluding hydrogens is 465 g/mol. The molecule has 0 amide bonds.